The van der Waals surface area contributed by atoms with E-state index in [1.165, 1.54) is 11.8 Å². The molecule has 0 saturated heterocycles. The first kappa shape index (κ1) is 18.0. The van der Waals surface area contributed by atoms with Gasteiger partial charge < -0.3 is 10.4 Å². The third kappa shape index (κ3) is 5.36. The summed E-state index contributed by atoms with van der Waals surface area (Å²) < 4.78 is 1.04. The second-order valence-corrected chi connectivity index (χ2v) is 7.15. The number of aliphatic carboxylic acids is 1. The van der Waals surface area contributed by atoms with Crippen LogP contribution in [0.3, 0.4) is 0 Å². The molecule has 0 radical (unpaired) electrons. The lowest BCUT2D eigenvalue weighted by atomic mass is 10.1. The first-order valence-corrected chi connectivity index (χ1v) is 8.42. The Hall–Kier alpha value is -1.01. The largest absolute Gasteiger partial charge is 0.480 e. The van der Waals surface area contributed by atoms with Crippen molar-refractivity contribution < 1.29 is 14.7 Å². The average Bonchev–Trinajstić information content (AvgIpc) is 2.37. The number of aryl methyl sites for hydroxylation is 2. The van der Waals surface area contributed by atoms with Crippen molar-refractivity contribution in [1.82, 2.24) is 5.32 Å². The van der Waals surface area contributed by atoms with Gasteiger partial charge in [-0.15, -0.1) is 11.8 Å². The van der Waals surface area contributed by atoms with E-state index >= 15 is 0 Å². The summed E-state index contributed by atoms with van der Waals surface area (Å²) in [6.07, 6.45) is 0. The Balaban J connectivity index is 2.65. The Bertz CT molecular complexity index is 546. The zero-order valence-electron chi connectivity index (χ0n) is 12.6. The monoisotopic (exact) mass is 373 g/mol. The minimum absolute atomic E-state index is 0.145. The van der Waals surface area contributed by atoms with Crippen LogP contribution in [0.25, 0.3) is 0 Å². The maximum absolute atomic E-state index is 11.9. The summed E-state index contributed by atoms with van der Waals surface area (Å²) in [7, 11) is 0. The Morgan fingerprint density at radius 2 is 1.90 bits per heavy atom. The lowest BCUT2D eigenvalue weighted by Gasteiger charge is -2.18. The molecule has 0 unspecified atom stereocenters. The number of hydrogen-bond acceptors (Lipinski definition) is 3. The summed E-state index contributed by atoms with van der Waals surface area (Å²) in [6.45, 7) is 7.52. The molecule has 21 heavy (non-hydrogen) atoms. The van der Waals surface area contributed by atoms with Crippen LogP contribution in [0.4, 0.5) is 0 Å². The van der Waals surface area contributed by atoms with Gasteiger partial charge in [-0.3, -0.25) is 4.79 Å². The van der Waals surface area contributed by atoms with E-state index in [9.17, 15) is 9.59 Å². The molecule has 116 valence electrons. The highest BCUT2D eigenvalue weighted by Gasteiger charge is 2.23. The van der Waals surface area contributed by atoms with Crippen LogP contribution in [-0.2, 0) is 9.59 Å². The molecule has 0 fully saturated rings. The van der Waals surface area contributed by atoms with Gasteiger partial charge in [0.25, 0.3) is 0 Å². The normalized spacial score (nSPS) is 12.3. The maximum atomic E-state index is 11.9. The van der Waals surface area contributed by atoms with Gasteiger partial charge in [0.1, 0.15) is 6.04 Å². The number of thioether (sulfide) groups is 1. The topological polar surface area (TPSA) is 66.4 Å². The molecule has 2 N–H and O–H groups in total. The van der Waals surface area contributed by atoms with Crippen LogP contribution in [-0.4, -0.2) is 28.8 Å². The molecule has 0 saturated carbocycles. The van der Waals surface area contributed by atoms with Gasteiger partial charge in [0.2, 0.25) is 5.91 Å². The molecule has 0 spiro atoms. The summed E-state index contributed by atoms with van der Waals surface area (Å²) in [5.74, 6) is -1.20. The summed E-state index contributed by atoms with van der Waals surface area (Å²) in [5, 5.41) is 11.6. The maximum Gasteiger partial charge on any atom is 0.326 e. The van der Waals surface area contributed by atoms with E-state index in [-0.39, 0.29) is 17.6 Å². The van der Waals surface area contributed by atoms with Crippen molar-refractivity contribution in [3.05, 3.63) is 27.7 Å². The molecular weight excluding hydrogens is 354 g/mol. The third-order valence-corrected chi connectivity index (χ3v) is 5.08. The van der Waals surface area contributed by atoms with Gasteiger partial charge in [-0.2, -0.15) is 0 Å². The molecule has 0 aromatic heterocycles. The van der Waals surface area contributed by atoms with Gasteiger partial charge in [-0.25, -0.2) is 4.79 Å². The minimum atomic E-state index is -1.00. The van der Waals surface area contributed by atoms with Crippen molar-refractivity contribution in [2.24, 2.45) is 5.92 Å². The van der Waals surface area contributed by atoms with Gasteiger partial charge >= 0.3 is 5.97 Å². The lowest BCUT2D eigenvalue weighted by molar-refractivity contribution is -0.142. The van der Waals surface area contributed by atoms with E-state index in [4.69, 9.17) is 5.11 Å². The summed E-state index contributed by atoms with van der Waals surface area (Å²) in [5.41, 5.74) is 2.19. The number of carboxylic acid groups (broad SMARTS) is 1. The molecule has 1 amide bonds. The quantitative estimate of drug-likeness (QED) is 0.750. The van der Waals surface area contributed by atoms with E-state index in [0.717, 1.165) is 20.5 Å². The highest BCUT2D eigenvalue weighted by Crippen LogP contribution is 2.28. The van der Waals surface area contributed by atoms with E-state index in [1.54, 1.807) is 13.8 Å². The molecular formula is C15H20BrNO3S. The number of rotatable bonds is 6. The molecule has 0 aliphatic carbocycles. The minimum Gasteiger partial charge on any atom is -0.480 e. The van der Waals surface area contributed by atoms with Crippen LogP contribution >= 0.6 is 27.7 Å². The summed E-state index contributed by atoms with van der Waals surface area (Å²) in [4.78, 5) is 24.0. The van der Waals surface area contributed by atoms with Crippen LogP contribution in [0.15, 0.2) is 21.5 Å². The van der Waals surface area contributed by atoms with Crippen molar-refractivity contribution in [3.63, 3.8) is 0 Å². The van der Waals surface area contributed by atoms with Gasteiger partial charge in [-0.1, -0.05) is 29.8 Å². The Morgan fingerprint density at radius 1 is 1.29 bits per heavy atom. The predicted molar refractivity (Wildman–Crippen MR) is 88.7 cm³/mol. The van der Waals surface area contributed by atoms with Crippen LogP contribution < -0.4 is 5.32 Å². The SMILES string of the molecule is Cc1cc(SCC(=O)N[C@@H](C(=O)O)C(C)C)c(C)cc1Br. The van der Waals surface area contributed by atoms with E-state index in [1.807, 2.05) is 26.0 Å². The van der Waals surface area contributed by atoms with E-state index < -0.39 is 12.0 Å². The number of carbonyl (C=O) groups excluding carboxylic acids is 1. The second-order valence-electron chi connectivity index (χ2n) is 5.28. The fourth-order valence-electron chi connectivity index (χ4n) is 1.78. The zero-order chi connectivity index (χ0) is 16.2. The molecule has 1 aromatic rings. The first-order valence-electron chi connectivity index (χ1n) is 6.64. The molecule has 6 heteroatoms. The van der Waals surface area contributed by atoms with Crippen molar-refractivity contribution in [1.29, 1.82) is 0 Å². The van der Waals surface area contributed by atoms with Crippen molar-refractivity contribution in [2.45, 2.75) is 38.6 Å². The van der Waals surface area contributed by atoms with Crippen molar-refractivity contribution in [3.8, 4) is 0 Å². The van der Waals surface area contributed by atoms with Gasteiger partial charge in [0, 0.05) is 9.37 Å². The highest BCUT2D eigenvalue weighted by molar-refractivity contribution is 9.10. The number of hydrogen-bond donors (Lipinski definition) is 2. The number of halogens is 1. The molecule has 0 aliphatic rings. The highest BCUT2D eigenvalue weighted by atomic mass is 79.9. The first-order chi connectivity index (χ1) is 9.72. The van der Waals surface area contributed by atoms with E-state index in [0.29, 0.717) is 0 Å². The molecule has 1 atom stereocenters. The number of nitrogens with one attached hydrogen (secondary N) is 1. The second kappa shape index (κ2) is 7.84. The van der Waals surface area contributed by atoms with Crippen molar-refractivity contribution >= 4 is 39.6 Å². The zero-order valence-corrected chi connectivity index (χ0v) is 15.0. The predicted octanol–water partition coefficient (Wildman–Crippen LogP) is 3.38. The third-order valence-electron chi connectivity index (χ3n) is 3.06. The number of amides is 1. The molecule has 4 nitrogen and oxygen atoms in total. The van der Waals surface area contributed by atoms with Gasteiger partial charge in [-0.05, 0) is 43.0 Å². The Morgan fingerprint density at radius 3 is 2.43 bits per heavy atom. The summed E-state index contributed by atoms with van der Waals surface area (Å²) in [6, 6.07) is 3.20. The number of benzene rings is 1. The molecule has 1 aromatic carbocycles. The van der Waals surface area contributed by atoms with Crippen LogP contribution in [0, 0.1) is 19.8 Å². The molecule has 0 bridgehead atoms. The molecule has 0 aliphatic heterocycles. The van der Waals surface area contributed by atoms with Gasteiger partial charge in [0.05, 0.1) is 5.75 Å². The molecule has 1 rings (SSSR count). The van der Waals surface area contributed by atoms with Crippen LogP contribution in [0.1, 0.15) is 25.0 Å². The van der Waals surface area contributed by atoms with Crippen LogP contribution in [0.5, 0.6) is 0 Å². The number of carbonyl (C=O) groups is 2. The average molecular weight is 374 g/mol. The molecule has 0 heterocycles. The fraction of sp³-hybridized carbons (Fsp3) is 0.467. The van der Waals surface area contributed by atoms with Crippen LogP contribution in [0.2, 0.25) is 0 Å². The summed E-state index contributed by atoms with van der Waals surface area (Å²) >= 11 is 4.89. The number of carboxylic acids is 1. The standard InChI is InChI=1S/C15H20BrNO3S/c1-8(2)14(15(19)20)17-13(18)7-21-12-6-9(3)11(16)5-10(12)4/h5-6,8,14H,7H2,1-4H3,(H,17,18)(H,19,20)/t14-/m1/s1. The Kier molecular flexibility index (Phi) is 6.74. The van der Waals surface area contributed by atoms with Crippen molar-refractivity contribution in [2.75, 3.05) is 5.75 Å². The van der Waals surface area contributed by atoms with Gasteiger partial charge in [0.15, 0.2) is 0 Å². The fourth-order valence-corrected chi connectivity index (χ4v) is 3.16. The van der Waals surface area contributed by atoms with E-state index in [2.05, 4.69) is 21.2 Å². The smallest absolute Gasteiger partial charge is 0.326 e. The lowest BCUT2D eigenvalue weighted by Crippen LogP contribution is -2.45. The Labute approximate surface area is 137 Å².